The molecule has 1 aromatic rings. The van der Waals surface area contributed by atoms with Gasteiger partial charge in [-0.15, -0.1) is 0 Å². The van der Waals surface area contributed by atoms with Crippen LogP contribution >= 0.6 is 15.9 Å². The number of hydrogen-bond donors (Lipinski definition) is 0. The number of aryl methyl sites for hydroxylation is 1. The lowest BCUT2D eigenvalue weighted by molar-refractivity contribution is 0.362. The lowest BCUT2D eigenvalue weighted by Gasteiger charge is -2.12. The number of hydrogen-bond acceptors (Lipinski definition) is 1. The second kappa shape index (κ2) is 4.89. The molecule has 16 heavy (non-hydrogen) atoms. The monoisotopic (exact) mass is 282 g/mol. The summed E-state index contributed by atoms with van der Waals surface area (Å²) in [4.78, 5) is 0. The van der Waals surface area contributed by atoms with E-state index in [4.69, 9.17) is 4.74 Å². The number of benzene rings is 1. The second-order valence-corrected chi connectivity index (χ2v) is 5.58. The molecule has 0 amide bonds. The lowest BCUT2D eigenvalue weighted by Crippen LogP contribution is -2.00. The van der Waals surface area contributed by atoms with Gasteiger partial charge in [0.1, 0.15) is 0 Å². The molecule has 1 fully saturated rings. The smallest absolute Gasteiger partial charge is 0.0844 e. The van der Waals surface area contributed by atoms with Gasteiger partial charge in [0.05, 0.1) is 12.2 Å². The fourth-order valence-electron chi connectivity index (χ4n) is 2.12. The van der Waals surface area contributed by atoms with Crippen molar-refractivity contribution < 1.29 is 4.74 Å². The van der Waals surface area contributed by atoms with Crippen LogP contribution in [0.5, 0.6) is 0 Å². The molecule has 2 heteroatoms. The summed E-state index contributed by atoms with van der Waals surface area (Å²) in [5.41, 5.74) is 2.79. The number of ether oxygens (including phenoxy) is 1. The zero-order valence-electron chi connectivity index (χ0n) is 10.2. The second-order valence-electron chi connectivity index (χ2n) is 4.72. The fraction of sp³-hybridized carbons (Fsp3) is 0.571. The molecule has 0 N–H and O–H groups in total. The Hall–Kier alpha value is -0.340. The largest absolute Gasteiger partial charge is 0.370 e. The van der Waals surface area contributed by atoms with E-state index < -0.39 is 0 Å². The van der Waals surface area contributed by atoms with E-state index >= 15 is 0 Å². The Morgan fingerprint density at radius 3 is 2.62 bits per heavy atom. The molecule has 0 aliphatic carbocycles. The van der Waals surface area contributed by atoms with Gasteiger partial charge >= 0.3 is 0 Å². The van der Waals surface area contributed by atoms with Gasteiger partial charge in [-0.2, -0.15) is 0 Å². The van der Waals surface area contributed by atoms with Crippen molar-refractivity contribution in [2.24, 2.45) is 0 Å². The van der Waals surface area contributed by atoms with E-state index in [0.29, 0.717) is 18.1 Å². The van der Waals surface area contributed by atoms with Crippen LogP contribution < -0.4 is 0 Å². The molecule has 1 saturated heterocycles. The van der Waals surface area contributed by atoms with Crippen LogP contribution in [-0.4, -0.2) is 12.2 Å². The highest BCUT2D eigenvalue weighted by molar-refractivity contribution is 9.10. The van der Waals surface area contributed by atoms with Crippen molar-refractivity contribution in [1.82, 2.24) is 0 Å². The summed E-state index contributed by atoms with van der Waals surface area (Å²) in [6, 6.07) is 6.74. The molecule has 2 rings (SSSR count). The Bertz CT molecular complexity index is 375. The van der Waals surface area contributed by atoms with Gasteiger partial charge in [0, 0.05) is 4.47 Å². The molecule has 3 unspecified atom stereocenters. The summed E-state index contributed by atoms with van der Waals surface area (Å²) in [6.07, 6.45) is 3.18. The van der Waals surface area contributed by atoms with Crippen LogP contribution in [0.25, 0.3) is 0 Å². The number of halogens is 1. The maximum Gasteiger partial charge on any atom is 0.0844 e. The molecule has 88 valence electrons. The molecule has 1 aliphatic heterocycles. The van der Waals surface area contributed by atoms with E-state index in [9.17, 15) is 0 Å². The molecule has 0 spiro atoms. The minimum atomic E-state index is 0.473. The van der Waals surface area contributed by atoms with Crippen LogP contribution in [0.1, 0.15) is 44.2 Å². The maximum absolute atomic E-state index is 5.47. The predicted octanol–water partition coefficient (Wildman–Crippen LogP) is 4.29. The highest BCUT2D eigenvalue weighted by Gasteiger charge is 2.35. The molecule has 1 aromatic carbocycles. The van der Waals surface area contributed by atoms with E-state index in [1.165, 1.54) is 15.6 Å². The van der Waals surface area contributed by atoms with Gasteiger partial charge in [0.25, 0.3) is 0 Å². The molecule has 1 aliphatic rings. The first kappa shape index (κ1) is 12.1. The average molecular weight is 283 g/mol. The fourth-order valence-corrected chi connectivity index (χ4v) is 2.80. The Morgan fingerprint density at radius 1 is 1.44 bits per heavy atom. The third-order valence-electron chi connectivity index (χ3n) is 3.45. The van der Waals surface area contributed by atoms with Gasteiger partial charge in [-0.3, -0.25) is 0 Å². The highest BCUT2D eigenvalue weighted by Crippen LogP contribution is 2.33. The summed E-state index contributed by atoms with van der Waals surface area (Å²) in [7, 11) is 0. The molecule has 1 nitrogen and oxygen atoms in total. The first-order chi connectivity index (χ1) is 7.61. The zero-order valence-corrected chi connectivity index (χ0v) is 11.8. The average Bonchev–Trinajstić information content (AvgIpc) is 2.94. The topological polar surface area (TPSA) is 12.5 Å². The van der Waals surface area contributed by atoms with Gasteiger partial charge < -0.3 is 4.74 Å². The van der Waals surface area contributed by atoms with Crippen LogP contribution in [0, 0.1) is 0 Å². The van der Waals surface area contributed by atoms with Crippen LogP contribution in [0.3, 0.4) is 0 Å². The quantitative estimate of drug-likeness (QED) is 0.751. The van der Waals surface area contributed by atoms with Crippen LogP contribution in [0.4, 0.5) is 0 Å². The predicted molar refractivity (Wildman–Crippen MR) is 70.9 cm³/mol. The summed E-state index contributed by atoms with van der Waals surface area (Å²) < 4.78 is 6.71. The summed E-state index contributed by atoms with van der Waals surface area (Å²) in [5, 5.41) is 0. The minimum absolute atomic E-state index is 0.473. The van der Waals surface area contributed by atoms with E-state index in [0.717, 1.165) is 12.8 Å². The number of epoxide rings is 1. The molecule has 0 aromatic heterocycles. The van der Waals surface area contributed by atoms with Gasteiger partial charge in [-0.25, -0.2) is 0 Å². The van der Waals surface area contributed by atoms with E-state index in [1.54, 1.807) is 0 Å². The molecular weight excluding hydrogens is 264 g/mol. The molecule has 0 bridgehead atoms. The SMILES string of the molecule is CCc1ccc(C(C)CC2OC2C)cc1Br. The normalized spacial score (nSPS) is 25.5. The number of rotatable bonds is 4. The maximum atomic E-state index is 5.47. The third kappa shape index (κ3) is 2.67. The van der Waals surface area contributed by atoms with Gasteiger partial charge in [0.2, 0.25) is 0 Å². The van der Waals surface area contributed by atoms with E-state index in [-0.39, 0.29) is 0 Å². The highest BCUT2D eigenvalue weighted by atomic mass is 79.9. The Morgan fingerprint density at radius 2 is 2.12 bits per heavy atom. The molecule has 0 saturated carbocycles. The molecule has 0 radical (unpaired) electrons. The first-order valence-electron chi connectivity index (χ1n) is 6.05. The molecular formula is C14H19BrO. The van der Waals surface area contributed by atoms with Crippen LogP contribution in [0.2, 0.25) is 0 Å². The van der Waals surface area contributed by atoms with E-state index in [2.05, 4.69) is 54.9 Å². The van der Waals surface area contributed by atoms with Gasteiger partial charge in [-0.05, 0) is 42.9 Å². The standard InChI is InChI=1S/C14H19BrO/c1-4-11-5-6-12(8-13(11)15)9(2)7-14-10(3)16-14/h5-6,8-10,14H,4,7H2,1-3H3. The lowest BCUT2D eigenvalue weighted by atomic mass is 9.94. The Labute approximate surface area is 106 Å². The molecule has 1 heterocycles. The first-order valence-corrected chi connectivity index (χ1v) is 6.85. The zero-order chi connectivity index (χ0) is 11.7. The minimum Gasteiger partial charge on any atom is -0.370 e. The van der Waals surface area contributed by atoms with Crippen molar-refractivity contribution in [3.63, 3.8) is 0 Å². The summed E-state index contributed by atoms with van der Waals surface area (Å²) in [6.45, 7) is 6.61. The van der Waals surface area contributed by atoms with Crippen molar-refractivity contribution in [2.75, 3.05) is 0 Å². The third-order valence-corrected chi connectivity index (χ3v) is 4.19. The Kier molecular flexibility index (Phi) is 3.70. The Balaban J connectivity index is 2.05. The van der Waals surface area contributed by atoms with Crippen molar-refractivity contribution in [2.45, 2.75) is 51.7 Å². The molecule has 3 atom stereocenters. The van der Waals surface area contributed by atoms with Crippen molar-refractivity contribution in [3.05, 3.63) is 33.8 Å². The summed E-state index contributed by atoms with van der Waals surface area (Å²) in [5.74, 6) is 0.581. The van der Waals surface area contributed by atoms with Crippen molar-refractivity contribution in [3.8, 4) is 0 Å². The van der Waals surface area contributed by atoms with Crippen LogP contribution in [0.15, 0.2) is 22.7 Å². The van der Waals surface area contributed by atoms with Crippen LogP contribution in [-0.2, 0) is 11.2 Å². The van der Waals surface area contributed by atoms with Crippen molar-refractivity contribution in [1.29, 1.82) is 0 Å². The van der Waals surface area contributed by atoms with Gasteiger partial charge in [-0.1, -0.05) is 41.9 Å². The van der Waals surface area contributed by atoms with E-state index in [1.807, 2.05) is 0 Å². The van der Waals surface area contributed by atoms with Crippen molar-refractivity contribution >= 4 is 15.9 Å². The summed E-state index contributed by atoms with van der Waals surface area (Å²) >= 11 is 3.64. The van der Waals surface area contributed by atoms with Gasteiger partial charge in [0.15, 0.2) is 0 Å².